The average molecular weight is 593 g/mol. The summed E-state index contributed by atoms with van der Waals surface area (Å²) in [5, 5.41) is 2.02. The van der Waals surface area contributed by atoms with Gasteiger partial charge >= 0.3 is 0 Å². The SMILES string of the molecule is c1ccc(-c2cc(-c3ccccc3)nc(-n3c4ccccc4c4c5c6c(cc43)Oc3ccccc3N6c3ccccc3O5)n2)cc1. The van der Waals surface area contributed by atoms with Crippen LogP contribution in [0.5, 0.6) is 23.0 Å². The lowest BCUT2D eigenvalue weighted by Crippen LogP contribution is -2.20. The van der Waals surface area contributed by atoms with Gasteiger partial charge < -0.3 is 9.47 Å². The molecule has 0 amide bonds. The monoisotopic (exact) mass is 592 g/mol. The molecule has 10 rings (SSSR count). The van der Waals surface area contributed by atoms with E-state index in [2.05, 4.69) is 82.3 Å². The topological polar surface area (TPSA) is 52.4 Å². The van der Waals surface area contributed by atoms with E-state index in [0.717, 1.165) is 78.6 Å². The lowest BCUT2D eigenvalue weighted by molar-refractivity contribution is 0.450. The normalized spacial score (nSPS) is 12.7. The zero-order valence-corrected chi connectivity index (χ0v) is 24.5. The van der Waals surface area contributed by atoms with Crippen LogP contribution in [0.1, 0.15) is 0 Å². The fraction of sp³-hybridized carbons (Fsp3) is 0. The number of rotatable bonds is 3. The van der Waals surface area contributed by atoms with Crippen LogP contribution in [0.15, 0.2) is 146 Å². The van der Waals surface area contributed by atoms with Gasteiger partial charge in [0.05, 0.1) is 39.2 Å². The van der Waals surface area contributed by atoms with Crippen LogP contribution in [-0.2, 0) is 0 Å². The Hall–Kier alpha value is -6.40. The average Bonchev–Trinajstić information content (AvgIpc) is 3.46. The lowest BCUT2D eigenvalue weighted by atomic mass is 10.0. The largest absolute Gasteiger partial charge is 0.453 e. The molecule has 6 heteroatoms. The Morgan fingerprint density at radius 2 is 1.04 bits per heavy atom. The van der Waals surface area contributed by atoms with E-state index in [1.165, 1.54) is 0 Å². The lowest BCUT2D eigenvalue weighted by Gasteiger charge is -2.38. The summed E-state index contributed by atoms with van der Waals surface area (Å²) < 4.78 is 15.6. The van der Waals surface area contributed by atoms with Crippen molar-refractivity contribution in [2.75, 3.05) is 4.90 Å². The van der Waals surface area contributed by atoms with Crippen LogP contribution >= 0.6 is 0 Å². The van der Waals surface area contributed by atoms with Gasteiger partial charge in [0.15, 0.2) is 23.0 Å². The molecule has 0 atom stereocenters. The first-order chi connectivity index (χ1) is 22.8. The third-order valence-electron chi connectivity index (χ3n) is 8.78. The minimum atomic E-state index is 0.572. The van der Waals surface area contributed by atoms with Crippen LogP contribution in [-0.4, -0.2) is 14.5 Å². The minimum absolute atomic E-state index is 0.572. The minimum Gasteiger partial charge on any atom is -0.453 e. The van der Waals surface area contributed by atoms with Crippen molar-refractivity contribution < 1.29 is 9.47 Å². The zero-order valence-electron chi connectivity index (χ0n) is 24.5. The summed E-state index contributed by atoms with van der Waals surface area (Å²) in [4.78, 5) is 12.7. The number of para-hydroxylation sites is 5. The fourth-order valence-corrected chi connectivity index (χ4v) is 6.77. The van der Waals surface area contributed by atoms with E-state index in [0.29, 0.717) is 11.7 Å². The van der Waals surface area contributed by atoms with E-state index in [9.17, 15) is 0 Å². The number of ether oxygens (including phenoxy) is 2. The highest BCUT2D eigenvalue weighted by Gasteiger charge is 2.37. The quantitative estimate of drug-likeness (QED) is 0.204. The molecule has 0 saturated carbocycles. The van der Waals surface area contributed by atoms with Gasteiger partial charge in [-0.2, -0.15) is 0 Å². The Balaban J connectivity index is 1.31. The molecule has 216 valence electrons. The summed E-state index contributed by atoms with van der Waals surface area (Å²) in [6.45, 7) is 0. The van der Waals surface area contributed by atoms with Crippen LogP contribution in [0.2, 0.25) is 0 Å². The number of anilines is 3. The predicted octanol–water partition coefficient (Wildman–Crippen LogP) is 10.6. The van der Waals surface area contributed by atoms with Gasteiger partial charge in [0.25, 0.3) is 0 Å². The number of aromatic nitrogens is 3. The summed E-state index contributed by atoms with van der Waals surface area (Å²) in [7, 11) is 0. The first kappa shape index (κ1) is 25.0. The van der Waals surface area contributed by atoms with Crippen LogP contribution in [0.25, 0.3) is 50.3 Å². The number of hydrogen-bond acceptors (Lipinski definition) is 5. The molecule has 8 aromatic rings. The van der Waals surface area contributed by atoms with Crippen molar-refractivity contribution in [3.63, 3.8) is 0 Å². The third kappa shape index (κ3) is 3.58. The molecule has 46 heavy (non-hydrogen) atoms. The van der Waals surface area contributed by atoms with Gasteiger partial charge in [0.2, 0.25) is 5.95 Å². The molecule has 0 aliphatic carbocycles. The van der Waals surface area contributed by atoms with E-state index in [4.69, 9.17) is 19.4 Å². The smallest absolute Gasteiger partial charge is 0.235 e. The molecule has 0 unspecified atom stereocenters. The second-order valence-electron chi connectivity index (χ2n) is 11.4. The Morgan fingerprint density at radius 1 is 0.478 bits per heavy atom. The molecular formula is C40H24N4O2. The van der Waals surface area contributed by atoms with Crippen molar-refractivity contribution in [1.82, 2.24) is 14.5 Å². The van der Waals surface area contributed by atoms with Gasteiger partial charge in [-0.25, -0.2) is 9.97 Å². The molecule has 6 nitrogen and oxygen atoms in total. The van der Waals surface area contributed by atoms with Crippen molar-refractivity contribution in [3.8, 4) is 51.5 Å². The molecule has 2 aliphatic rings. The second kappa shape index (κ2) is 9.55. The Bertz CT molecular complexity index is 2420. The summed E-state index contributed by atoms with van der Waals surface area (Å²) in [6, 6.07) is 49.3. The van der Waals surface area contributed by atoms with Crippen molar-refractivity contribution in [2.24, 2.45) is 0 Å². The number of benzene rings is 6. The Labute approximate surface area is 264 Å². The molecule has 0 bridgehead atoms. The number of fused-ring (bicyclic) bond motifs is 8. The van der Waals surface area contributed by atoms with Gasteiger partial charge in [-0.15, -0.1) is 0 Å². The van der Waals surface area contributed by atoms with E-state index in [-0.39, 0.29) is 0 Å². The van der Waals surface area contributed by atoms with Crippen LogP contribution in [0.4, 0.5) is 17.1 Å². The maximum absolute atomic E-state index is 6.82. The van der Waals surface area contributed by atoms with Crippen molar-refractivity contribution in [2.45, 2.75) is 0 Å². The molecular weight excluding hydrogens is 568 g/mol. The number of hydrogen-bond donors (Lipinski definition) is 0. The molecule has 0 spiro atoms. The fourth-order valence-electron chi connectivity index (χ4n) is 6.77. The van der Waals surface area contributed by atoms with Crippen molar-refractivity contribution in [3.05, 3.63) is 146 Å². The van der Waals surface area contributed by atoms with E-state index >= 15 is 0 Å². The van der Waals surface area contributed by atoms with E-state index in [1.54, 1.807) is 0 Å². The van der Waals surface area contributed by atoms with E-state index in [1.807, 2.05) is 72.8 Å². The Morgan fingerprint density at radius 3 is 1.72 bits per heavy atom. The number of nitrogens with zero attached hydrogens (tertiary/aromatic N) is 4. The summed E-state index contributed by atoms with van der Waals surface area (Å²) >= 11 is 0. The highest BCUT2D eigenvalue weighted by molar-refractivity contribution is 6.17. The predicted molar refractivity (Wildman–Crippen MR) is 182 cm³/mol. The van der Waals surface area contributed by atoms with Gasteiger partial charge in [0.1, 0.15) is 5.69 Å². The summed E-state index contributed by atoms with van der Waals surface area (Å²) in [5.74, 6) is 3.60. The first-order valence-corrected chi connectivity index (χ1v) is 15.3. The highest BCUT2D eigenvalue weighted by Crippen LogP contribution is 2.62. The highest BCUT2D eigenvalue weighted by atomic mass is 16.5. The zero-order chi connectivity index (χ0) is 30.2. The molecule has 2 aliphatic heterocycles. The summed E-state index contributed by atoms with van der Waals surface area (Å²) in [5.41, 5.74) is 8.44. The van der Waals surface area contributed by atoms with Crippen LogP contribution in [0.3, 0.4) is 0 Å². The molecule has 0 saturated heterocycles. The second-order valence-corrected chi connectivity index (χ2v) is 11.4. The maximum atomic E-state index is 6.82. The first-order valence-electron chi connectivity index (χ1n) is 15.3. The van der Waals surface area contributed by atoms with Gasteiger partial charge in [-0.05, 0) is 36.4 Å². The summed E-state index contributed by atoms with van der Waals surface area (Å²) in [6.07, 6.45) is 0. The van der Waals surface area contributed by atoms with Gasteiger partial charge in [-0.3, -0.25) is 9.47 Å². The van der Waals surface area contributed by atoms with Crippen molar-refractivity contribution in [1.29, 1.82) is 0 Å². The maximum Gasteiger partial charge on any atom is 0.235 e. The Kier molecular flexibility index (Phi) is 5.19. The molecule has 6 aromatic carbocycles. The third-order valence-corrected chi connectivity index (χ3v) is 8.78. The van der Waals surface area contributed by atoms with Gasteiger partial charge in [0, 0.05) is 22.6 Å². The van der Waals surface area contributed by atoms with Crippen LogP contribution in [0, 0.1) is 0 Å². The van der Waals surface area contributed by atoms with E-state index < -0.39 is 0 Å². The molecule has 0 radical (unpaired) electrons. The standard InChI is InChI=1S/C40H24N4O2/c1-3-13-25(14-4-1)28-23-29(26-15-5-2-6-16-26)42-40(41-28)44-30-18-8-7-17-27(30)37-33(44)24-36-38-39(37)46-35-22-12-10-20-32(35)43(38)31-19-9-11-21-34(31)45-36/h1-24H. The molecule has 0 N–H and O–H groups in total. The van der Waals surface area contributed by atoms with Crippen molar-refractivity contribution >= 4 is 38.9 Å². The molecule has 0 fully saturated rings. The van der Waals surface area contributed by atoms with Crippen LogP contribution < -0.4 is 14.4 Å². The van der Waals surface area contributed by atoms with Gasteiger partial charge in [-0.1, -0.05) is 103 Å². The molecule has 2 aromatic heterocycles. The molecule has 4 heterocycles.